The molecule has 0 bridgehead atoms. The molecule has 4 rings (SSSR count). The Morgan fingerprint density at radius 3 is 2.15 bits per heavy atom. The Bertz CT molecular complexity index is 1540. The minimum Gasteiger partial charge on any atom is -0.493 e. The molecule has 4 aromatic rings. The minimum absolute atomic E-state index is 0.166. The van der Waals surface area contributed by atoms with Gasteiger partial charge in [-0.15, -0.1) is 0 Å². The van der Waals surface area contributed by atoms with E-state index in [4.69, 9.17) is 14.2 Å². The zero-order valence-corrected chi connectivity index (χ0v) is 24.2. The number of methoxy groups -OCH3 is 2. The van der Waals surface area contributed by atoms with Crippen molar-refractivity contribution in [3.05, 3.63) is 114 Å². The number of anilines is 1. The number of rotatable bonds is 13. The molecule has 0 aliphatic rings. The molecule has 0 saturated carbocycles. The average molecular weight is 575 g/mol. The van der Waals surface area contributed by atoms with Gasteiger partial charge in [-0.3, -0.25) is 9.10 Å². The molecule has 1 amide bonds. The van der Waals surface area contributed by atoms with Crippen LogP contribution in [-0.2, 0) is 27.8 Å². The Balaban J connectivity index is 1.38. The summed E-state index contributed by atoms with van der Waals surface area (Å²) in [7, 11) is -0.673. The first-order valence-electron chi connectivity index (χ1n) is 13.1. The number of carbonyl (C=O) groups excluding carboxylic acids is 1. The third-order valence-corrected chi connectivity index (χ3v) is 8.24. The third-order valence-electron chi connectivity index (χ3n) is 6.46. The van der Waals surface area contributed by atoms with Gasteiger partial charge in [-0.05, 0) is 73.0 Å². The second-order valence-corrected chi connectivity index (χ2v) is 11.2. The molecule has 0 atom stereocenters. The lowest BCUT2D eigenvalue weighted by molar-refractivity contribution is -0.123. The van der Waals surface area contributed by atoms with E-state index in [9.17, 15) is 13.2 Å². The summed E-state index contributed by atoms with van der Waals surface area (Å²) in [6.45, 7) is 2.35. The van der Waals surface area contributed by atoms with E-state index >= 15 is 0 Å². The van der Waals surface area contributed by atoms with Crippen molar-refractivity contribution in [2.75, 3.05) is 31.7 Å². The van der Waals surface area contributed by atoms with E-state index in [1.54, 1.807) is 62.8 Å². The van der Waals surface area contributed by atoms with Crippen LogP contribution in [0.5, 0.6) is 17.2 Å². The van der Waals surface area contributed by atoms with Gasteiger partial charge in [0.1, 0.15) is 5.75 Å². The maximum Gasteiger partial charge on any atom is 0.264 e. The Morgan fingerprint density at radius 1 is 0.805 bits per heavy atom. The Hall–Kier alpha value is -4.50. The van der Waals surface area contributed by atoms with Gasteiger partial charge in [-0.1, -0.05) is 54.1 Å². The van der Waals surface area contributed by atoms with Crippen LogP contribution in [0.2, 0.25) is 0 Å². The largest absolute Gasteiger partial charge is 0.493 e. The molecule has 0 aliphatic heterocycles. The Kier molecular flexibility index (Phi) is 9.86. The molecule has 4 aromatic carbocycles. The van der Waals surface area contributed by atoms with Crippen molar-refractivity contribution < 1.29 is 27.4 Å². The topological polar surface area (TPSA) is 94.2 Å². The number of carbonyl (C=O) groups is 1. The third kappa shape index (κ3) is 7.79. The van der Waals surface area contributed by atoms with E-state index in [1.165, 1.54) is 4.31 Å². The van der Waals surface area contributed by atoms with Crippen LogP contribution in [0.4, 0.5) is 5.69 Å². The molecule has 9 heteroatoms. The van der Waals surface area contributed by atoms with Gasteiger partial charge in [0.25, 0.3) is 15.9 Å². The van der Waals surface area contributed by atoms with E-state index < -0.39 is 10.0 Å². The number of benzene rings is 4. The molecule has 0 fully saturated rings. The van der Waals surface area contributed by atoms with Crippen molar-refractivity contribution >= 4 is 21.6 Å². The second-order valence-electron chi connectivity index (χ2n) is 9.38. The van der Waals surface area contributed by atoms with Gasteiger partial charge in [-0.2, -0.15) is 0 Å². The predicted octanol–water partition coefficient (Wildman–Crippen LogP) is 5.15. The lowest BCUT2D eigenvalue weighted by atomic mass is 10.1. The first-order chi connectivity index (χ1) is 19.8. The maximum absolute atomic E-state index is 13.6. The fourth-order valence-corrected chi connectivity index (χ4v) is 5.65. The highest BCUT2D eigenvalue weighted by atomic mass is 32.2. The van der Waals surface area contributed by atoms with Crippen LogP contribution in [0.3, 0.4) is 0 Å². The molecule has 1 N–H and O–H groups in total. The van der Waals surface area contributed by atoms with Gasteiger partial charge in [0.15, 0.2) is 18.1 Å². The summed E-state index contributed by atoms with van der Waals surface area (Å²) in [6, 6.07) is 28.5. The van der Waals surface area contributed by atoms with Crippen molar-refractivity contribution in [3.63, 3.8) is 0 Å². The standard InChI is InChI=1S/C32H34N2O6S/c1-24-9-16-29(17-10-24)41(36,37)34(22-26-7-5-4-6-8-26)27-12-14-28(15-13-27)40-23-32(35)33-20-19-25-11-18-30(38-2)31(21-25)39-3/h4-18,21H,19-20,22-23H2,1-3H3,(H,33,35). The fraction of sp³-hybridized carbons (Fsp3) is 0.219. The van der Waals surface area contributed by atoms with Crippen molar-refractivity contribution in [1.82, 2.24) is 5.32 Å². The molecule has 0 spiro atoms. The number of hydrogen-bond acceptors (Lipinski definition) is 6. The molecule has 8 nitrogen and oxygen atoms in total. The molecule has 0 unspecified atom stereocenters. The molecule has 0 radical (unpaired) electrons. The molecule has 41 heavy (non-hydrogen) atoms. The van der Waals surface area contributed by atoms with Crippen molar-refractivity contribution in [2.24, 2.45) is 0 Å². The van der Waals surface area contributed by atoms with Gasteiger partial charge >= 0.3 is 0 Å². The number of amides is 1. The van der Waals surface area contributed by atoms with Crippen LogP contribution in [0.15, 0.2) is 102 Å². The summed E-state index contributed by atoms with van der Waals surface area (Å²) >= 11 is 0. The minimum atomic E-state index is -3.84. The van der Waals surface area contributed by atoms with Crippen LogP contribution in [0.25, 0.3) is 0 Å². The van der Waals surface area contributed by atoms with Gasteiger partial charge in [0.2, 0.25) is 0 Å². The fourth-order valence-electron chi connectivity index (χ4n) is 4.19. The summed E-state index contributed by atoms with van der Waals surface area (Å²) in [5, 5.41) is 2.84. The number of nitrogens with one attached hydrogen (secondary N) is 1. The first-order valence-corrected chi connectivity index (χ1v) is 14.6. The van der Waals surface area contributed by atoms with Gasteiger partial charge in [0, 0.05) is 6.54 Å². The zero-order valence-electron chi connectivity index (χ0n) is 23.4. The monoisotopic (exact) mass is 574 g/mol. The molecule has 0 saturated heterocycles. The van der Waals surface area contributed by atoms with Crippen molar-refractivity contribution in [1.29, 1.82) is 0 Å². The summed E-state index contributed by atoms with van der Waals surface area (Å²) in [6.07, 6.45) is 0.619. The predicted molar refractivity (Wildman–Crippen MR) is 159 cm³/mol. The summed E-state index contributed by atoms with van der Waals surface area (Å²) in [5.74, 6) is 1.48. The maximum atomic E-state index is 13.6. The van der Waals surface area contributed by atoms with E-state index in [1.807, 2.05) is 55.5 Å². The molecular formula is C32H34N2O6S. The van der Waals surface area contributed by atoms with Gasteiger partial charge in [-0.25, -0.2) is 8.42 Å². The number of ether oxygens (including phenoxy) is 3. The smallest absolute Gasteiger partial charge is 0.264 e. The van der Waals surface area contributed by atoms with E-state index in [0.29, 0.717) is 35.9 Å². The normalized spacial score (nSPS) is 11.0. The highest BCUT2D eigenvalue weighted by molar-refractivity contribution is 7.92. The van der Waals surface area contributed by atoms with Gasteiger partial charge < -0.3 is 19.5 Å². The summed E-state index contributed by atoms with van der Waals surface area (Å²) in [5.41, 5.74) is 3.32. The van der Waals surface area contributed by atoms with Crippen LogP contribution in [0, 0.1) is 6.92 Å². The molecule has 0 aliphatic carbocycles. The SMILES string of the molecule is COc1ccc(CCNC(=O)COc2ccc(N(Cc3ccccc3)S(=O)(=O)c3ccc(C)cc3)cc2)cc1OC. The lowest BCUT2D eigenvalue weighted by Crippen LogP contribution is -2.31. The molecule has 214 valence electrons. The second kappa shape index (κ2) is 13.7. The average Bonchev–Trinajstić information content (AvgIpc) is 2.99. The Morgan fingerprint density at radius 2 is 1.49 bits per heavy atom. The van der Waals surface area contributed by atoms with Crippen LogP contribution >= 0.6 is 0 Å². The first kappa shape index (κ1) is 29.5. The zero-order chi connectivity index (χ0) is 29.2. The van der Waals surface area contributed by atoms with Gasteiger partial charge in [0.05, 0.1) is 31.3 Å². The van der Waals surface area contributed by atoms with Crippen LogP contribution < -0.4 is 23.8 Å². The van der Waals surface area contributed by atoms with Crippen LogP contribution in [-0.4, -0.2) is 41.7 Å². The Labute approximate surface area is 241 Å². The lowest BCUT2D eigenvalue weighted by Gasteiger charge is -2.25. The molecular weight excluding hydrogens is 540 g/mol. The number of hydrogen-bond donors (Lipinski definition) is 1. The number of aryl methyl sites for hydroxylation is 1. The van der Waals surface area contributed by atoms with Crippen LogP contribution in [0.1, 0.15) is 16.7 Å². The number of sulfonamides is 1. The number of nitrogens with zero attached hydrogens (tertiary/aromatic N) is 1. The van der Waals surface area contributed by atoms with E-state index in [0.717, 1.165) is 16.7 Å². The molecule has 0 heterocycles. The van der Waals surface area contributed by atoms with Crippen molar-refractivity contribution in [2.45, 2.75) is 24.8 Å². The highest BCUT2D eigenvalue weighted by Gasteiger charge is 2.25. The summed E-state index contributed by atoms with van der Waals surface area (Å²) < 4.78 is 44.9. The molecule has 0 aromatic heterocycles. The van der Waals surface area contributed by atoms with E-state index in [2.05, 4.69) is 5.32 Å². The highest BCUT2D eigenvalue weighted by Crippen LogP contribution is 2.29. The van der Waals surface area contributed by atoms with Crippen molar-refractivity contribution in [3.8, 4) is 17.2 Å². The van der Waals surface area contributed by atoms with E-state index in [-0.39, 0.29) is 24.0 Å². The summed E-state index contributed by atoms with van der Waals surface area (Å²) in [4.78, 5) is 12.6. The quantitative estimate of drug-likeness (QED) is 0.238.